The van der Waals surface area contributed by atoms with Crippen molar-refractivity contribution in [1.29, 1.82) is 0 Å². The number of rotatable bonds is 2. The summed E-state index contributed by atoms with van der Waals surface area (Å²) in [4.78, 5) is 2.65. The minimum atomic E-state index is 0.520. The molecule has 0 aromatic heterocycles. The fraction of sp³-hybridized carbons (Fsp3) is 0.500. The molecular weight excluding hydrogens is 242 g/mol. The van der Waals surface area contributed by atoms with E-state index in [4.69, 9.17) is 11.6 Å². The maximum absolute atomic E-state index is 6.36. The van der Waals surface area contributed by atoms with Crippen molar-refractivity contribution in [1.82, 2.24) is 4.90 Å². The van der Waals surface area contributed by atoms with Gasteiger partial charge in [-0.1, -0.05) is 42.0 Å². The lowest BCUT2D eigenvalue weighted by atomic mass is 9.98. The molecule has 1 nitrogen and oxygen atoms in total. The van der Waals surface area contributed by atoms with Crippen LogP contribution in [0.4, 0.5) is 0 Å². The predicted molar refractivity (Wildman–Crippen MR) is 76.9 cm³/mol. The maximum atomic E-state index is 6.36. The Morgan fingerprint density at radius 3 is 2.78 bits per heavy atom. The van der Waals surface area contributed by atoms with Crippen LogP contribution in [0.2, 0.25) is 5.02 Å². The monoisotopic (exact) mass is 261 g/mol. The lowest BCUT2D eigenvalue weighted by molar-refractivity contribution is 0.198. The number of allylic oxidation sites excluding steroid dienone is 1. The van der Waals surface area contributed by atoms with Gasteiger partial charge in [0.2, 0.25) is 0 Å². The van der Waals surface area contributed by atoms with E-state index in [0.29, 0.717) is 12.1 Å². The van der Waals surface area contributed by atoms with Crippen LogP contribution in [0.25, 0.3) is 0 Å². The molecule has 0 N–H and O–H groups in total. The molecular formula is C16H20ClN. The van der Waals surface area contributed by atoms with Gasteiger partial charge < -0.3 is 0 Å². The number of likely N-dealkylation sites (tertiary alicyclic amines) is 1. The number of benzene rings is 1. The highest BCUT2D eigenvalue weighted by atomic mass is 35.5. The second-order valence-corrected chi connectivity index (χ2v) is 5.75. The summed E-state index contributed by atoms with van der Waals surface area (Å²) in [6.07, 6.45) is 11.2. The largest absolute Gasteiger partial charge is 0.290 e. The number of hydrogen-bond acceptors (Lipinski definition) is 1. The van der Waals surface area contributed by atoms with Crippen molar-refractivity contribution in [3.8, 4) is 0 Å². The van der Waals surface area contributed by atoms with Crippen molar-refractivity contribution in [2.24, 2.45) is 0 Å². The Balaban J connectivity index is 1.85. The molecule has 0 saturated carbocycles. The van der Waals surface area contributed by atoms with E-state index < -0.39 is 0 Å². The Morgan fingerprint density at radius 2 is 2.00 bits per heavy atom. The summed E-state index contributed by atoms with van der Waals surface area (Å²) >= 11 is 6.36. The highest BCUT2D eigenvalue weighted by Gasteiger charge is 2.31. The van der Waals surface area contributed by atoms with E-state index in [1.807, 2.05) is 12.1 Å². The molecule has 2 heteroatoms. The van der Waals surface area contributed by atoms with Crippen LogP contribution in [0.15, 0.2) is 36.4 Å². The highest BCUT2D eigenvalue weighted by molar-refractivity contribution is 6.31. The summed E-state index contributed by atoms with van der Waals surface area (Å²) in [5, 5.41) is 0.925. The van der Waals surface area contributed by atoms with Gasteiger partial charge in [-0.25, -0.2) is 0 Å². The molecule has 18 heavy (non-hydrogen) atoms. The minimum absolute atomic E-state index is 0.520. The Kier molecular flexibility index (Phi) is 3.72. The Morgan fingerprint density at radius 1 is 1.11 bits per heavy atom. The van der Waals surface area contributed by atoms with Crippen LogP contribution >= 0.6 is 11.6 Å². The van der Waals surface area contributed by atoms with E-state index in [2.05, 4.69) is 29.2 Å². The molecule has 96 valence electrons. The molecule has 1 aromatic carbocycles. The fourth-order valence-corrected chi connectivity index (χ4v) is 3.60. The molecule has 1 saturated heterocycles. The average molecular weight is 262 g/mol. The number of nitrogens with zero attached hydrogens (tertiary/aromatic N) is 1. The first kappa shape index (κ1) is 12.3. The zero-order valence-corrected chi connectivity index (χ0v) is 11.4. The quantitative estimate of drug-likeness (QED) is 0.704. The SMILES string of the molecule is Clc1ccccc1C1CCCN1C1C=CCCC1. The third-order valence-electron chi connectivity index (χ3n) is 4.21. The molecule has 2 unspecified atom stereocenters. The van der Waals surface area contributed by atoms with Crippen LogP contribution in [0.5, 0.6) is 0 Å². The highest BCUT2D eigenvalue weighted by Crippen LogP contribution is 2.38. The molecule has 1 heterocycles. The second-order valence-electron chi connectivity index (χ2n) is 5.34. The van der Waals surface area contributed by atoms with E-state index in [-0.39, 0.29) is 0 Å². The van der Waals surface area contributed by atoms with Crippen molar-refractivity contribution >= 4 is 11.6 Å². The van der Waals surface area contributed by atoms with Gasteiger partial charge in [-0.3, -0.25) is 4.90 Å². The zero-order valence-electron chi connectivity index (χ0n) is 10.7. The molecule has 1 aromatic rings. The molecule has 0 bridgehead atoms. The summed E-state index contributed by atoms with van der Waals surface area (Å²) in [6.45, 7) is 1.21. The van der Waals surface area contributed by atoms with Gasteiger partial charge in [-0.15, -0.1) is 0 Å². The fourth-order valence-electron chi connectivity index (χ4n) is 3.34. The van der Waals surface area contributed by atoms with Crippen molar-refractivity contribution in [2.45, 2.75) is 44.2 Å². The van der Waals surface area contributed by atoms with Crippen molar-refractivity contribution in [2.75, 3.05) is 6.54 Å². The van der Waals surface area contributed by atoms with Crippen LogP contribution in [0.3, 0.4) is 0 Å². The third-order valence-corrected chi connectivity index (χ3v) is 4.56. The van der Waals surface area contributed by atoms with Crippen LogP contribution < -0.4 is 0 Å². The molecule has 0 radical (unpaired) electrons. The van der Waals surface area contributed by atoms with Crippen LogP contribution in [0, 0.1) is 0 Å². The first-order valence-corrected chi connectivity index (χ1v) is 7.41. The van der Waals surface area contributed by atoms with Gasteiger partial charge >= 0.3 is 0 Å². The minimum Gasteiger partial charge on any atom is -0.290 e. The molecule has 3 rings (SSSR count). The van der Waals surface area contributed by atoms with Crippen LogP contribution in [0.1, 0.15) is 43.7 Å². The van der Waals surface area contributed by atoms with E-state index in [9.17, 15) is 0 Å². The first-order chi connectivity index (χ1) is 8.86. The molecule has 2 aliphatic rings. The second kappa shape index (κ2) is 5.46. The Bertz CT molecular complexity index is 440. The maximum Gasteiger partial charge on any atom is 0.0453 e. The Hall–Kier alpha value is -0.790. The normalized spacial score (nSPS) is 28.7. The van der Waals surface area contributed by atoms with E-state index in [1.165, 1.54) is 44.2 Å². The summed E-state index contributed by atoms with van der Waals surface area (Å²) in [7, 11) is 0. The molecule has 1 aliphatic carbocycles. The van der Waals surface area contributed by atoms with Crippen LogP contribution in [-0.2, 0) is 0 Å². The molecule has 1 aliphatic heterocycles. The topological polar surface area (TPSA) is 3.24 Å². The van der Waals surface area contributed by atoms with Crippen molar-refractivity contribution in [3.63, 3.8) is 0 Å². The summed E-state index contributed by atoms with van der Waals surface area (Å²) in [5.74, 6) is 0. The van der Waals surface area contributed by atoms with Gasteiger partial charge in [0.05, 0.1) is 0 Å². The van der Waals surface area contributed by atoms with E-state index in [0.717, 1.165) is 5.02 Å². The molecule has 1 fully saturated rings. The number of halogens is 1. The van der Waals surface area contributed by atoms with Crippen molar-refractivity contribution < 1.29 is 0 Å². The lowest BCUT2D eigenvalue weighted by Gasteiger charge is -2.33. The van der Waals surface area contributed by atoms with Gasteiger partial charge in [0, 0.05) is 17.1 Å². The van der Waals surface area contributed by atoms with Gasteiger partial charge in [0.25, 0.3) is 0 Å². The summed E-state index contributed by atoms with van der Waals surface area (Å²) in [5.41, 5.74) is 1.32. The van der Waals surface area contributed by atoms with Crippen LogP contribution in [-0.4, -0.2) is 17.5 Å². The predicted octanol–water partition coefficient (Wildman–Crippen LogP) is 4.59. The molecule has 0 amide bonds. The smallest absolute Gasteiger partial charge is 0.0453 e. The van der Waals surface area contributed by atoms with Gasteiger partial charge in [-0.2, -0.15) is 0 Å². The summed E-state index contributed by atoms with van der Waals surface area (Å²) < 4.78 is 0. The van der Waals surface area contributed by atoms with E-state index >= 15 is 0 Å². The van der Waals surface area contributed by atoms with Crippen molar-refractivity contribution in [3.05, 3.63) is 47.0 Å². The third kappa shape index (κ3) is 2.34. The Labute approximate surface area is 114 Å². The molecule has 2 atom stereocenters. The lowest BCUT2D eigenvalue weighted by Crippen LogP contribution is -2.34. The van der Waals surface area contributed by atoms with Gasteiger partial charge in [0.15, 0.2) is 0 Å². The first-order valence-electron chi connectivity index (χ1n) is 7.03. The average Bonchev–Trinajstić information content (AvgIpc) is 2.89. The zero-order chi connectivity index (χ0) is 12.4. The number of hydrogen-bond donors (Lipinski definition) is 0. The molecule has 0 spiro atoms. The van der Waals surface area contributed by atoms with Gasteiger partial charge in [0.1, 0.15) is 0 Å². The standard InChI is InChI=1S/C16H20ClN/c17-15-10-5-4-9-14(15)16-11-6-12-18(16)13-7-2-1-3-8-13/h2,4-5,7,9-10,13,16H,1,3,6,8,11-12H2. The summed E-state index contributed by atoms with van der Waals surface area (Å²) in [6, 6.07) is 9.48. The van der Waals surface area contributed by atoms with Gasteiger partial charge in [-0.05, 0) is 50.3 Å². The van der Waals surface area contributed by atoms with E-state index in [1.54, 1.807) is 0 Å².